The van der Waals surface area contributed by atoms with Crippen LogP contribution in [0.2, 0.25) is 5.02 Å². The van der Waals surface area contributed by atoms with Crippen molar-refractivity contribution >= 4 is 21.7 Å². The molecule has 0 unspecified atom stereocenters. The minimum Gasteiger partial charge on any atom is -0.493 e. The van der Waals surface area contributed by atoms with Gasteiger partial charge < -0.3 is 8.92 Å². The monoisotopic (exact) mass is 363 g/mol. The lowest BCUT2D eigenvalue weighted by atomic mass is 10.1. The molecule has 0 heterocycles. The van der Waals surface area contributed by atoms with Crippen molar-refractivity contribution in [1.82, 2.24) is 0 Å². The predicted molar refractivity (Wildman–Crippen MR) is 90.9 cm³/mol. The molecule has 0 saturated carbocycles. The molecule has 0 fully saturated rings. The van der Waals surface area contributed by atoms with Crippen molar-refractivity contribution < 1.29 is 17.3 Å². The van der Waals surface area contributed by atoms with Gasteiger partial charge >= 0.3 is 10.1 Å². The van der Waals surface area contributed by atoms with Crippen LogP contribution >= 0.6 is 11.6 Å². The fourth-order valence-electron chi connectivity index (χ4n) is 1.98. The van der Waals surface area contributed by atoms with E-state index in [1.54, 1.807) is 18.2 Å². The van der Waals surface area contributed by atoms with Gasteiger partial charge in [0.2, 0.25) is 0 Å². The lowest BCUT2D eigenvalue weighted by Crippen LogP contribution is -2.10. The molecule has 0 aliphatic heterocycles. The molecular weight excluding hydrogens is 350 g/mol. The third-order valence-electron chi connectivity index (χ3n) is 3.16. The Bertz CT molecular complexity index is 917. The fourth-order valence-corrected chi connectivity index (χ4v) is 3.24. The average molecular weight is 364 g/mol. The zero-order valence-corrected chi connectivity index (χ0v) is 14.4. The van der Waals surface area contributed by atoms with Gasteiger partial charge in [0.1, 0.15) is 11.0 Å². The topological polar surface area (TPSA) is 76.4 Å². The van der Waals surface area contributed by atoms with E-state index in [0.29, 0.717) is 6.42 Å². The first-order chi connectivity index (χ1) is 11.4. The Morgan fingerprint density at radius 1 is 1.25 bits per heavy atom. The van der Waals surface area contributed by atoms with E-state index in [4.69, 9.17) is 25.8 Å². The van der Waals surface area contributed by atoms with Crippen LogP contribution in [0, 0.1) is 11.3 Å². The van der Waals surface area contributed by atoms with Crippen molar-refractivity contribution in [3.05, 3.63) is 65.2 Å². The van der Waals surface area contributed by atoms with Gasteiger partial charge in [0.05, 0.1) is 17.7 Å². The van der Waals surface area contributed by atoms with Crippen molar-refractivity contribution in [2.75, 3.05) is 7.11 Å². The molecule has 2 aromatic carbocycles. The number of nitriles is 1. The molecule has 7 heteroatoms. The van der Waals surface area contributed by atoms with Crippen LogP contribution in [0.25, 0.3) is 0 Å². The van der Waals surface area contributed by atoms with Gasteiger partial charge in [-0.2, -0.15) is 13.7 Å². The first-order valence-electron chi connectivity index (χ1n) is 6.83. The van der Waals surface area contributed by atoms with Crippen LogP contribution in [0.4, 0.5) is 0 Å². The standard InChI is InChI=1S/C17H14ClNO4S/c1-3-4-12-5-8-16(17(9-12)22-2)23-24(20,21)14-7-6-13(11-19)15(18)10-14/h3,5-10H,1,4H2,2H3. The van der Waals surface area contributed by atoms with Crippen molar-refractivity contribution in [2.45, 2.75) is 11.3 Å². The smallest absolute Gasteiger partial charge is 0.339 e. The summed E-state index contributed by atoms with van der Waals surface area (Å²) in [6.07, 6.45) is 2.35. The van der Waals surface area contributed by atoms with Crippen molar-refractivity contribution in [1.29, 1.82) is 5.26 Å². The summed E-state index contributed by atoms with van der Waals surface area (Å²) < 4.78 is 35.1. The molecule has 0 atom stereocenters. The van der Waals surface area contributed by atoms with E-state index in [-0.39, 0.29) is 27.0 Å². The molecule has 24 heavy (non-hydrogen) atoms. The number of benzene rings is 2. The van der Waals surface area contributed by atoms with Gasteiger partial charge in [-0.15, -0.1) is 6.58 Å². The van der Waals surface area contributed by atoms with E-state index in [1.165, 1.54) is 31.4 Å². The molecule has 5 nitrogen and oxygen atoms in total. The Kier molecular flexibility index (Phi) is 5.50. The van der Waals surface area contributed by atoms with Crippen LogP contribution in [0.3, 0.4) is 0 Å². The molecule has 0 N–H and O–H groups in total. The SMILES string of the molecule is C=CCc1ccc(OS(=O)(=O)c2ccc(C#N)c(Cl)c2)c(OC)c1. The summed E-state index contributed by atoms with van der Waals surface area (Å²) in [7, 11) is -2.69. The summed E-state index contributed by atoms with van der Waals surface area (Å²) in [6, 6.07) is 10.5. The maximum Gasteiger partial charge on any atom is 0.339 e. The zero-order valence-electron chi connectivity index (χ0n) is 12.8. The van der Waals surface area contributed by atoms with Gasteiger partial charge in [0.15, 0.2) is 11.5 Å². The summed E-state index contributed by atoms with van der Waals surface area (Å²) in [5.74, 6) is 0.350. The van der Waals surface area contributed by atoms with Crippen LogP contribution in [-0.4, -0.2) is 15.5 Å². The molecule has 2 aromatic rings. The summed E-state index contributed by atoms with van der Waals surface area (Å²) in [6.45, 7) is 3.65. The summed E-state index contributed by atoms with van der Waals surface area (Å²) >= 11 is 5.88. The Balaban J connectivity index is 2.37. The lowest BCUT2D eigenvalue weighted by Gasteiger charge is -2.12. The van der Waals surface area contributed by atoms with Crippen molar-refractivity contribution in [2.24, 2.45) is 0 Å². The highest BCUT2D eigenvalue weighted by Gasteiger charge is 2.20. The number of halogens is 1. The Morgan fingerprint density at radius 3 is 2.58 bits per heavy atom. The minimum absolute atomic E-state index is 0.0375. The number of hydrogen-bond donors (Lipinski definition) is 0. The second-order valence-corrected chi connectivity index (χ2v) is 6.72. The zero-order chi connectivity index (χ0) is 17.7. The van der Waals surface area contributed by atoms with Gasteiger partial charge in [-0.1, -0.05) is 23.7 Å². The molecular formula is C17H14ClNO4S. The van der Waals surface area contributed by atoms with Crippen LogP contribution in [-0.2, 0) is 16.5 Å². The highest BCUT2D eigenvalue weighted by molar-refractivity contribution is 7.87. The van der Waals surface area contributed by atoms with E-state index in [2.05, 4.69) is 6.58 Å². The number of nitrogens with zero attached hydrogens (tertiary/aromatic N) is 1. The van der Waals surface area contributed by atoms with Crippen molar-refractivity contribution in [3.8, 4) is 17.6 Å². The lowest BCUT2D eigenvalue weighted by molar-refractivity contribution is 0.390. The van der Waals surface area contributed by atoms with E-state index < -0.39 is 10.1 Å². The van der Waals surface area contributed by atoms with Gasteiger partial charge in [-0.25, -0.2) is 0 Å². The average Bonchev–Trinajstić information content (AvgIpc) is 2.56. The van der Waals surface area contributed by atoms with Crippen LogP contribution < -0.4 is 8.92 Å². The molecule has 0 aliphatic rings. The molecule has 0 radical (unpaired) electrons. The van der Waals surface area contributed by atoms with E-state index in [0.717, 1.165) is 5.56 Å². The number of methoxy groups -OCH3 is 1. The third-order valence-corrected chi connectivity index (χ3v) is 4.70. The maximum absolute atomic E-state index is 12.4. The quantitative estimate of drug-likeness (QED) is 0.577. The molecule has 124 valence electrons. The van der Waals surface area contributed by atoms with Gasteiger partial charge in [-0.05, 0) is 42.3 Å². The highest BCUT2D eigenvalue weighted by Crippen LogP contribution is 2.31. The van der Waals surface area contributed by atoms with Crippen LogP contribution in [0.1, 0.15) is 11.1 Å². The Labute approximate surface area is 145 Å². The molecule has 2 rings (SSSR count). The minimum atomic E-state index is -4.11. The first-order valence-corrected chi connectivity index (χ1v) is 8.62. The predicted octanol–water partition coefficient (Wildman–Crippen LogP) is 3.72. The highest BCUT2D eigenvalue weighted by atomic mass is 35.5. The summed E-state index contributed by atoms with van der Waals surface area (Å²) in [4.78, 5) is -0.149. The van der Waals surface area contributed by atoms with Gasteiger partial charge in [0.25, 0.3) is 0 Å². The second-order valence-electron chi connectivity index (χ2n) is 4.77. The number of hydrogen-bond acceptors (Lipinski definition) is 5. The van der Waals surface area contributed by atoms with E-state index >= 15 is 0 Å². The van der Waals surface area contributed by atoms with E-state index in [1.807, 2.05) is 6.07 Å². The summed E-state index contributed by atoms with van der Waals surface area (Å²) in [5, 5.41) is 8.88. The molecule has 0 aromatic heterocycles. The van der Waals surface area contributed by atoms with Crippen LogP contribution in [0.5, 0.6) is 11.5 Å². The normalized spacial score (nSPS) is 10.7. The van der Waals surface area contributed by atoms with Crippen LogP contribution in [0.15, 0.2) is 53.9 Å². The summed E-state index contributed by atoms with van der Waals surface area (Å²) in [5.41, 5.74) is 1.09. The third kappa shape index (κ3) is 3.88. The van der Waals surface area contributed by atoms with E-state index in [9.17, 15) is 8.42 Å². The largest absolute Gasteiger partial charge is 0.493 e. The second kappa shape index (κ2) is 7.39. The maximum atomic E-state index is 12.4. The molecule has 0 bridgehead atoms. The van der Waals surface area contributed by atoms with Gasteiger partial charge in [0, 0.05) is 0 Å². The number of allylic oxidation sites excluding steroid dienone is 1. The Hall–Kier alpha value is -2.49. The Morgan fingerprint density at radius 2 is 2.00 bits per heavy atom. The molecule has 0 saturated heterocycles. The fraction of sp³-hybridized carbons (Fsp3) is 0.118. The number of rotatable bonds is 6. The molecule has 0 amide bonds. The first kappa shape index (κ1) is 17.9. The van der Waals surface area contributed by atoms with Crippen molar-refractivity contribution in [3.63, 3.8) is 0 Å². The molecule has 0 aliphatic carbocycles. The molecule has 0 spiro atoms. The number of ether oxygens (including phenoxy) is 1. The van der Waals surface area contributed by atoms with Gasteiger partial charge in [-0.3, -0.25) is 0 Å².